The van der Waals surface area contributed by atoms with Crippen molar-refractivity contribution in [3.05, 3.63) is 59.7 Å². The third-order valence-corrected chi connectivity index (χ3v) is 5.93. The molecule has 29 heavy (non-hydrogen) atoms. The molecular weight excluding hydrogens is 380 g/mol. The fraction of sp³-hybridized carbons (Fsp3) is 0.409. The molecule has 0 unspecified atom stereocenters. The molecule has 2 fully saturated rings. The van der Waals surface area contributed by atoms with E-state index in [4.69, 9.17) is 4.74 Å². The Labute approximate surface area is 167 Å². The first-order chi connectivity index (χ1) is 14.0. The van der Waals surface area contributed by atoms with E-state index in [1.807, 2.05) is 30.3 Å². The molecule has 152 valence electrons. The smallest absolute Gasteiger partial charge is 0.395 e. The lowest BCUT2D eigenvalue weighted by molar-refractivity contribution is -0.286. The molecule has 1 saturated carbocycles. The highest BCUT2D eigenvalue weighted by Crippen LogP contribution is 2.52. The van der Waals surface area contributed by atoms with E-state index in [0.29, 0.717) is 31.4 Å². The second-order valence-electron chi connectivity index (χ2n) is 7.88. The van der Waals surface area contributed by atoms with Gasteiger partial charge in [-0.3, -0.25) is 4.79 Å². The predicted octanol–water partition coefficient (Wildman–Crippen LogP) is 4.08. The minimum Gasteiger partial charge on any atom is -0.395 e. The molecule has 1 aliphatic carbocycles. The van der Waals surface area contributed by atoms with Gasteiger partial charge < -0.3 is 19.5 Å². The molecule has 0 bridgehead atoms. The van der Waals surface area contributed by atoms with Crippen LogP contribution in [0.5, 0.6) is 11.5 Å². The van der Waals surface area contributed by atoms with E-state index in [-0.39, 0.29) is 29.6 Å². The molecule has 2 heterocycles. The van der Waals surface area contributed by atoms with Gasteiger partial charge in [-0.05, 0) is 48.9 Å². The Kier molecular flexibility index (Phi) is 4.24. The minimum atomic E-state index is -3.66. The van der Waals surface area contributed by atoms with Crippen LogP contribution in [0, 0.1) is 0 Å². The van der Waals surface area contributed by atoms with Crippen LogP contribution in [0.25, 0.3) is 0 Å². The molecule has 7 heteroatoms. The molecule has 5 nitrogen and oxygen atoms in total. The molecule has 1 amide bonds. The van der Waals surface area contributed by atoms with Gasteiger partial charge in [0.25, 0.3) is 0 Å². The summed E-state index contributed by atoms with van der Waals surface area (Å²) in [5.41, 5.74) is 1.10. The Hall–Kier alpha value is -2.67. The predicted molar refractivity (Wildman–Crippen MR) is 99.9 cm³/mol. The molecule has 1 saturated heterocycles. The van der Waals surface area contributed by atoms with E-state index in [1.54, 1.807) is 6.07 Å². The number of fused-ring (bicyclic) bond motifs is 1. The maximum Gasteiger partial charge on any atom is 0.586 e. The van der Waals surface area contributed by atoms with Crippen molar-refractivity contribution in [1.29, 1.82) is 0 Å². The summed E-state index contributed by atoms with van der Waals surface area (Å²) in [6.45, 7) is 0.580. The van der Waals surface area contributed by atoms with Crippen molar-refractivity contribution in [1.82, 2.24) is 5.32 Å². The quantitative estimate of drug-likeness (QED) is 0.839. The van der Waals surface area contributed by atoms with Crippen LogP contribution in [0.1, 0.15) is 42.9 Å². The van der Waals surface area contributed by atoms with Gasteiger partial charge in [0, 0.05) is 12.6 Å². The average Bonchev–Trinajstić information content (AvgIpc) is 3.46. The van der Waals surface area contributed by atoms with Crippen LogP contribution in [0.2, 0.25) is 0 Å². The van der Waals surface area contributed by atoms with Gasteiger partial charge in [0.05, 0.1) is 11.5 Å². The SMILES string of the molecule is O=C(N[C@H]1CCO[C@H](c2ccccc2)C1)C1(c2ccc3c(c2)OC(F)(F)O3)CC1. The Morgan fingerprint density at radius 3 is 2.55 bits per heavy atom. The van der Waals surface area contributed by atoms with Crippen LogP contribution in [-0.4, -0.2) is 24.9 Å². The van der Waals surface area contributed by atoms with E-state index < -0.39 is 11.7 Å². The molecule has 1 N–H and O–H groups in total. The Bertz CT molecular complexity index is 930. The molecule has 2 aliphatic heterocycles. The summed E-state index contributed by atoms with van der Waals surface area (Å²) in [6.07, 6.45) is -0.884. The summed E-state index contributed by atoms with van der Waals surface area (Å²) in [5.74, 6) is -0.103. The molecule has 0 aromatic heterocycles. The van der Waals surface area contributed by atoms with Crippen molar-refractivity contribution in [3.63, 3.8) is 0 Å². The zero-order valence-corrected chi connectivity index (χ0v) is 15.7. The minimum absolute atomic E-state index is 0.00918. The highest BCUT2D eigenvalue weighted by molar-refractivity contribution is 5.91. The van der Waals surface area contributed by atoms with Gasteiger partial charge in [-0.2, -0.15) is 0 Å². The normalized spacial score (nSPS) is 26.0. The van der Waals surface area contributed by atoms with Gasteiger partial charge in [0.2, 0.25) is 5.91 Å². The maximum atomic E-state index is 13.3. The summed E-state index contributed by atoms with van der Waals surface area (Å²) in [7, 11) is 0. The first-order valence-corrected chi connectivity index (χ1v) is 9.83. The number of benzene rings is 2. The van der Waals surface area contributed by atoms with E-state index in [9.17, 15) is 13.6 Å². The molecule has 2 atom stereocenters. The van der Waals surface area contributed by atoms with Crippen LogP contribution in [-0.2, 0) is 14.9 Å². The van der Waals surface area contributed by atoms with Crippen molar-refractivity contribution >= 4 is 5.91 Å². The van der Waals surface area contributed by atoms with Crippen LogP contribution in [0.15, 0.2) is 48.5 Å². The second kappa shape index (κ2) is 6.69. The van der Waals surface area contributed by atoms with Gasteiger partial charge in [-0.15, -0.1) is 8.78 Å². The van der Waals surface area contributed by atoms with E-state index in [2.05, 4.69) is 14.8 Å². The monoisotopic (exact) mass is 401 g/mol. The van der Waals surface area contributed by atoms with Gasteiger partial charge in [-0.25, -0.2) is 0 Å². The number of hydrogen-bond donors (Lipinski definition) is 1. The van der Waals surface area contributed by atoms with Crippen molar-refractivity contribution in [2.75, 3.05) is 6.61 Å². The van der Waals surface area contributed by atoms with Crippen LogP contribution in [0.4, 0.5) is 8.78 Å². The summed E-state index contributed by atoms with van der Waals surface area (Å²) < 4.78 is 41.5. The van der Waals surface area contributed by atoms with Crippen molar-refractivity contribution in [2.45, 2.75) is 49.5 Å². The Balaban J connectivity index is 1.29. The zero-order chi connectivity index (χ0) is 20.1. The van der Waals surface area contributed by atoms with Crippen LogP contribution < -0.4 is 14.8 Å². The molecule has 0 radical (unpaired) electrons. The van der Waals surface area contributed by atoms with Crippen LogP contribution >= 0.6 is 0 Å². The highest BCUT2D eigenvalue weighted by atomic mass is 19.3. The molecular formula is C22H21F2NO4. The third kappa shape index (κ3) is 3.44. The van der Waals surface area contributed by atoms with Crippen molar-refractivity contribution in [3.8, 4) is 11.5 Å². The zero-order valence-electron chi connectivity index (χ0n) is 15.7. The number of rotatable bonds is 4. The summed E-state index contributed by atoms with van der Waals surface area (Å²) in [4.78, 5) is 13.1. The number of alkyl halides is 2. The molecule has 5 rings (SSSR count). The third-order valence-electron chi connectivity index (χ3n) is 5.93. The molecule has 0 spiro atoms. The summed E-state index contributed by atoms with van der Waals surface area (Å²) in [5, 5.41) is 3.16. The second-order valence-corrected chi connectivity index (χ2v) is 7.88. The number of amides is 1. The maximum absolute atomic E-state index is 13.3. The highest BCUT2D eigenvalue weighted by Gasteiger charge is 2.53. The summed E-state index contributed by atoms with van der Waals surface area (Å²) in [6, 6.07) is 14.6. The topological polar surface area (TPSA) is 56.8 Å². The first kappa shape index (κ1) is 18.4. The van der Waals surface area contributed by atoms with E-state index in [1.165, 1.54) is 12.1 Å². The molecule has 3 aliphatic rings. The van der Waals surface area contributed by atoms with Gasteiger partial charge in [0.15, 0.2) is 11.5 Å². The lowest BCUT2D eigenvalue weighted by Gasteiger charge is -2.31. The standard InChI is InChI=1S/C22H21F2NO4/c23-22(24)28-17-7-6-15(12-19(17)29-22)21(9-10-21)20(26)25-16-8-11-27-18(13-16)14-4-2-1-3-5-14/h1-7,12,16,18H,8-11,13H2,(H,25,26)/t16-,18-/m0/s1. The number of ether oxygens (including phenoxy) is 3. The number of halogens is 2. The fourth-order valence-corrected chi connectivity index (χ4v) is 4.17. The average molecular weight is 401 g/mol. The van der Waals surface area contributed by atoms with Crippen LogP contribution in [0.3, 0.4) is 0 Å². The fourth-order valence-electron chi connectivity index (χ4n) is 4.17. The van der Waals surface area contributed by atoms with E-state index >= 15 is 0 Å². The number of hydrogen-bond acceptors (Lipinski definition) is 4. The Morgan fingerprint density at radius 1 is 1.03 bits per heavy atom. The van der Waals surface area contributed by atoms with Crippen molar-refractivity contribution < 1.29 is 27.8 Å². The molecule has 2 aromatic carbocycles. The van der Waals surface area contributed by atoms with Crippen molar-refractivity contribution in [2.24, 2.45) is 0 Å². The van der Waals surface area contributed by atoms with E-state index in [0.717, 1.165) is 12.0 Å². The number of carbonyl (C=O) groups excluding carboxylic acids is 1. The van der Waals surface area contributed by atoms with Gasteiger partial charge in [0.1, 0.15) is 0 Å². The largest absolute Gasteiger partial charge is 0.586 e. The lowest BCUT2D eigenvalue weighted by Crippen LogP contribution is -2.44. The summed E-state index contributed by atoms with van der Waals surface area (Å²) >= 11 is 0. The van der Waals surface area contributed by atoms with Gasteiger partial charge >= 0.3 is 6.29 Å². The van der Waals surface area contributed by atoms with Gasteiger partial charge in [-0.1, -0.05) is 36.4 Å². The lowest BCUT2D eigenvalue weighted by atomic mass is 9.92. The first-order valence-electron chi connectivity index (χ1n) is 9.83. The molecule has 2 aromatic rings. The number of carbonyl (C=O) groups is 1. The number of nitrogens with one attached hydrogen (secondary N) is 1. The Morgan fingerprint density at radius 2 is 1.79 bits per heavy atom.